The SMILES string of the molecule is CC(C)(C)OC(=O)N[C@@H](COCc1ccccc1)C(=O)N/N=C\c1ccc(-c2ccc(Cl)c(C(=O)O)c2)o1. The van der Waals surface area contributed by atoms with E-state index in [-0.39, 0.29) is 23.8 Å². The van der Waals surface area contributed by atoms with Gasteiger partial charge in [-0.2, -0.15) is 5.10 Å². The van der Waals surface area contributed by atoms with Gasteiger partial charge in [0.2, 0.25) is 0 Å². The van der Waals surface area contributed by atoms with E-state index in [2.05, 4.69) is 15.8 Å². The minimum atomic E-state index is -1.16. The summed E-state index contributed by atoms with van der Waals surface area (Å²) in [5.74, 6) is -1.11. The van der Waals surface area contributed by atoms with E-state index < -0.39 is 29.6 Å². The first kappa shape index (κ1) is 28.4. The number of furan rings is 1. The van der Waals surface area contributed by atoms with E-state index in [1.54, 1.807) is 39.0 Å². The molecule has 0 saturated heterocycles. The summed E-state index contributed by atoms with van der Waals surface area (Å²) < 4.78 is 16.5. The van der Waals surface area contributed by atoms with Crippen molar-refractivity contribution in [3.63, 3.8) is 0 Å². The predicted octanol–water partition coefficient (Wildman–Crippen LogP) is 4.86. The van der Waals surface area contributed by atoms with Crippen molar-refractivity contribution in [3.05, 3.63) is 82.6 Å². The molecule has 38 heavy (non-hydrogen) atoms. The molecule has 1 aromatic heterocycles. The number of rotatable bonds is 10. The van der Waals surface area contributed by atoms with Crippen LogP contribution in [0.2, 0.25) is 5.02 Å². The molecule has 3 N–H and O–H groups in total. The number of nitrogens with one attached hydrogen (secondary N) is 2. The van der Waals surface area contributed by atoms with Gasteiger partial charge in [-0.05, 0) is 56.7 Å². The van der Waals surface area contributed by atoms with E-state index in [1.807, 2.05) is 30.3 Å². The van der Waals surface area contributed by atoms with Crippen molar-refractivity contribution in [2.45, 2.75) is 39.0 Å². The number of ether oxygens (including phenoxy) is 2. The molecule has 2 amide bonds. The average molecular weight is 542 g/mol. The Bertz CT molecular complexity index is 1300. The molecule has 1 heterocycles. The van der Waals surface area contributed by atoms with E-state index in [4.69, 9.17) is 25.5 Å². The van der Waals surface area contributed by atoms with Crippen LogP contribution in [0, 0.1) is 0 Å². The molecule has 0 bridgehead atoms. The number of hydrazone groups is 1. The summed E-state index contributed by atoms with van der Waals surface area (Å²) in [6.07, 6.45) is 0.495. The van der Waals surface area contributed by atoms with Crippen LogP contribution in [0.25, 0.3) is 11.3 Å². The Labute approximate surface area is 224 Å². The van der Waals surface area contributed by atoms with Crippen LogP contribution in [-0.4, -0.2) is 47.5 Å². The first-order valence-electron chi connectivity index (χ1n) is 11.6. The van der Waals surface area contributed by atoms with Gasteiger partial charge < -0.3 is 24.3 Å². The summed E-state index contributed by atoms with van der Waals surface area (Å²) in [7, 11) is 0. The molecule has 0 aliphatic rings. The third-order valence-corrected chi connectivity index (χ3v) is 5.21. The van der Waals surface area contributed by atoms with Gasteiger partial charge in [0.15, 0.2) is 0 Å². The molecule has 10 nitrogen and oxygen atoms in total. The van der Waals surface area contributed by atoms with E-state index in [1.165, 1.54) is 18.3 Å². The fraction of sp³-hybridized carbons (Fsp3) is 0.259. The third-order valence-electron chi connectivity index (χ3n) is 4.88. The van der Waals surface area contributed by atoms with E-state index in [0.717, 1.165) is 5.56 Å². The lowest BCUT2D eigenvalue weighted by Crippen LogP contribution is -2.49. The van der Waals surface area contributed by atoms with Crippen molar-refractivity contribution >= 4 is 35.8 Å². The van der Waals surface area contributed by atoms with Gasteiger partial charge in [-0.3, -0.25) is 4.79 Å². The average Bonchev–Trinajstić information content (AvgIpc) is 3.32. The number of amides is 2. The number of carboxylic acid groups (broad SMARTS) is 1. The first-order chi connectivity index (χ1) is 18.0. The predicted molar refractivity (Wildman–Crippen MR) is 141 cm³/mol. The second-order valence-electron chi connectivity index (χ2n) is 9.14. The molecule has 3 rings (SSSR count). The lowest BCUT2D eigenvalue weighted by Gasteiger charge is -2.22. The second-order valence-corrected chi connectivity index (χ2v) is 9.54. The van der Waals surface area contributed by atoms with Gasteiger partial charge in [0.05, 0.1) is 30.0 Å². The van der Waals surface area contributed by atoms with Crippen LogP contribution in [0.15, 0.2) is 70.2 Å². The maximum atomic E-state index is 12.8. The molecule has 2 aromatic carbocycles. The van der Waals surface area contributed by atoms with E-state index >= 15 is 0 Å². The third kappa shape index (κ3) is 8.75. The van der Waals surface area contributed by atoms with Gasteiger partial charge in [-0.25, -0.2) is 15.0 Å². The summed E-state index contributed by atoms with van der Waals surface area (Å²) >= 11 is 5.92. The number of halogens is 1. The maximum absolute atomic E-state index is 12.8. The first-order valence-corrected chi connectivity index (χ1v) is 12.0. The number of aromatic carboxylic acids is 1. The zero-order valence-corrected chi connectivity index (χ0v) is 21.8. The smallest absolute Gasteiger partial charge is 0.408 e. The summed E-state index contributed by atoms with van der Waals surface area (Å²) in [5, 5.41) is 15.8. The molecule has 3 aromatic rings. The van der Waals surface area contributed by atoms with Crippen molar-refractivity contribution in [2.75, 3.05) is 6.61 Å². The highest BCUT2D eigenvalue weighted by molar-refractivity contribution is 6.33. The molecule has 0 saturated carbocycles. The number of benzene rings is 2. The molecule has 200 valence electrons. The second kappa shape index (κ2) is 12.9. The van der Waals surface area contributed by atoms with Crippen molar-refractivity contribution in [1.82, 2.24) is 10.7 Å². The maximum Gasteiger partial charge on any atom is 0.408 e. The Hall–Kier alpha value is -4.15. The number of hydrogen-bond acceptors (Lipinski definition) is 7. The molecule has 0 radical (unpaired) electrons. The van der Waals surface area contributed by atoms with Crippen molar-refractivity contribution in [1.29, 1.82) is 0 Å². The quantitative estimate of drug-likeness (QED) is 0.246. The number of hydrogen-bond donors (Lipinski definition) is 3. The van der Waals surface area contributed by atoms with Gasteiger partial charge in [0, 0.05) is 5.56 Å². The molecule has 0 unspecified atom stereocenters. The van der Waals surface area contributed by atoms with Gasteiger partial charge >= 0.3 is 12.1 Å². The zero-order chi connectivity index (χ0) is 27.7. The number of carbonyl (C=O) groups is 3. The van der Waals surface area contributed by atoms with Gasteiger partial charge in [-0.15, -0.1) is 0 Å². The summed E-state index contributed by atoms with van der Waals surface area (Å²) in [6, 6.07) is 16.0. The minimum absolute atomic E-state index is 0.0546. The topological polar surface area (TPSA) is 139 Å². The lowest BCUT2D eigenvalue weighted by molar-refractivity contribution is -0.124. The van der Waals surface area contributed by atoms with Crippen molar-refractivity contribution in [3.8, 4) is 11.3 Å². The van der Waals surface area contributed by atoms with E-state index in [9.17, 15) is 19.5 Å². The van der Waals surface area contributed by atoms with Crippen LogP contribution < -0.4 is 10.7 Å². The lowest BCUT2D eigenvalue weighted by atomic mass is 10.1. The summed E-state index contributed by atoms with van der Waals surface area (Å²) in [5.41, 5.74) is 2.97. The fourth-order valence-electron chi connectivity index (χ4n) is 3.16. The normalized spacial score (nSPS) is 12.2. The van der Waals surface area contributed by atoms with Crippen LogP contribution in [0.4, 0.5) is 4.79 Å². The number of carbonyl (C=O) groups excluding carboxylic acids is 2. The molecule has 0 fully saturated rings. The van der Waals surface area contributed by atoms with Crippen molar-refractivity contribution < 1.29 is 33.4 Å². The molecular formula is C27H28ClN3O7. The van der Waals surface area contributed by atoms with Gasteiger partial charge in [0.25, 0.3) is 5.91 Å². The van der Waals surface area contributed by atoms with Crippen LogP contribution in [-0.2, 0) is 20.9 Å². The number of nitrogens with zero attached hydrogens (tertiary/aromatic N) is 1. The molecule has 0 spiro atoms. The van der Waals surface area contributed by atoms with E-state index in [0.29, 0.717) is 17.1 Å². The van der Waals surface area contributed by atoms with Gasteiger partial charge in [0.1, 0.15) is 23.2 Å². The Morgan fingerprint density at radius 1 is 1.11 bits per heavy atom. The summed E-state index contributed by atoms with van der Waals surface area (Å²) in [4.78, 5) is 36.3. The molecule has 0 aliphatic heterocycles. The molecule has 11 heteroatoms. The standard InChI is InChI=1S/C27H28ClN3O7/c1-27(2,3)38-26(35)30-22(16-36-15-17-7-5-4-6-8-17)24(32)31-29-14-19-10-12-23(37-19)18-9-11-21(28)20(13-18)25(33)34/h4-14,22H,15-16H2,1-3H3,(H,30,35)(H,31,32)(H,33,34)/b29-14-/t22-/m0/s1. The molecular weight excluding hydrogens is 514 g/mol. The largest absolute Gasteiger partial charge is 0.478 e. The molecule has 0 aliphatic carbocycles. The van der Waals surface area contributed by atoms with Crippen LogP contribution >= 0.6 is 11.6 Å². The fourth-order valence-corrected chi connectivity index (χ4v) is 3.36. The Morgan fingerprint density at radius 2 is 1.84 bits per heavy atom. The monoisotopic (exact) mass is 541 g/mol. The minimum Gasteiger partial charge on any atom is -0.478 e. The number of alkyl carbamates (subject to hydrolysis) is 1. The number of carboxylic acids is 1. The zero-order valence-electron chi connectivity index (χ0n) is 21.1. The van der Waals surface area contributed by atoms with Gasteiger partial charge in [-0.1, -0.05) is 41.9 Å². The van der Waals surface area contributed by atoms with Crippen LogP contribution in [0.3, 0.4) is 0 Å². The highest BCUT2D eigenvalue weighted by Crippen LogP contribution is 2.26. The molecule has 1 atom stereocenters. The Kier molecular flexibility index (Phi) is 9.64. The Morgan fingerprint density at radius 3 is 2.53 bits per heavy atom. The Balaban J connectivity index is 1.63. The van der Waals surface area contributed by atoms with Crippen molar-refractivity contribution in [2.24, 2.45) is 5.10 Å². The van der Waals surface area contributed by atoms with Crippen LogP contribution in [0.5, 0.6) is 0 Å². The summed E-state index contributed by atoms with van der Waals surface area (Å²) in [6.45, 7) is 5.25. The highest BCUT2D eigenvalue weighted by atomic mass is 35.5. The van der Waals surface area contributed by atoms with Crippen LogP contribution in [0.1, 0.15) is 42.5 Å². The highest BCUT2D eigenvalue weighted by Gasteiger charge is 2.24.